The predicted octanol–water partition coefficient (Wildman–Crippen LogP) is 2.29. The number of hydrogen-bond acceptors (Lipinski definition) is 6. The monoisotopic (exact) mass is 380 g/mol. The Bertz CT molecular complexity index is 979. The fourth-order valence-electron chi connectivity index (χ4n) is 3.39. The molecule has 0 saturated carbocycles. The summed E-state index contributed by atoms with van der Waals surface area (Å²) in [6, 6.07) is 5.46. The highest BCUT2D eigenvalue weighted by atomic mass is 16.5. The lowest BCUT2D eigenvalue weighted by Crippen LogP contribution is -2.36. The molecular formula is C20H20N4O4. The molecule has 0 N–H and O–H groups in total. The van der Waals surface area contributed by atoms with Crippen molar-refractivity contribution in [3.63, 3.8) is 0 Å². The van der Waals surface area contributed by atoms with E-state index in [1.807, 2.05) is 16.8 Å². The van der Waals surface area contributed by atoms with Crippen LogP contribution in [-0.4, -0.2) is 44.7 Å². The van der Waals surface area contributed by atoms with E-state index in [9.17, 15) is 9.59 Å². The molecule has 0 aromatic carbocycles. The smallest absolute Gasteiger partial charge is 0.359 e. The molecule has 4 rings (SSSR count). The fourth-order valence-corrected chi connectivity index (χ4v) is 3.39. The average molecular weight is 380 g/mol. The molecule has 3 aromatic rings. The number of esters is 1. The van der Waals surface area contributed by atoms with Crippen LogP contribution in [0.3, 0.4) is 0 Å². The SMILES string of the molecule is CCOC(=O)c1nn(Cc2ccncc2)c2c1CN(C(=O)c1ccoc1)CC2. The van der Waals surface area contributed by atoms with Crippen molar-refractivity contribution in [3.8, 4) is 0 Å². The van der Waals surface area contributed by atoms with E-state index in [0.717, 1.165) is 16.8 Å². The van der Waals surface area contributed by atoms with Crippen molar-refractivity contribution < 1.29 is 18.7 Å². The van der Waals surface area contributed by atoms with Crippen LogP contribution < -0.4 is 0 Å². The molecule has 1 amide bonds. The van der Waals surface area contributed by atoms with Gasteiger partial charge in [0, 0.05) is 36.6 Å². The van der Waals surface area contributed by atoms with E-state index in [-0.39, 0.29) is 18.2 Å². The summed E-state index contributed by atoms with van der Waals surface area (Å²) in [5.74, 6) is -0.596. The normalized spacial score (nSPS) is 13.2. The van der Waals surface area contributed by atoms with Gasteiger partial charge >= 0.3 is 5.97 Å². The molecule has 0 radical (unpaired) electrons. The first-order chi connectivity index (χ1) is 13.7. The van der Waals surface area contributed by atoms with Crippen LogP contribution in [0.15, 0.2) is 47.5 Å². The predicted molar refractivity (Wildman–Crippen MR) is 98.7 cm³/mol. The number of aromatic nitrogens is 3. The minimum Gasteiger partial charge on any atom is -0.472 e. The second kappa shape index (κ2) is 7.67. The van der Waals surface area contributed by atoms with E-state index in [1.165, 1.54) is 12.5 Å². The Morgan fingerprint density at radius 1 is 1.25 bits per heavy atom. The average Bonchev–Trinajstić information content (AvgIpc) is 3.37. The van der Waals surface area contributed by atoms with Gasteiger partial charge in [-0.05, 0) is 30.7 Å². The Balaban J connectivity index is 1.66. The van der Waals surface area contributed by atoms with Gasteiger partial charge in [0.15, 0.2) is 5.69 Å². The van der Waals surface area contributed by atoms with E-state index in [0.29, 0.717) is 31.6 Å². The van der Waals surface area contributed by atoms with Crippen LogP contribution in [0.2, 0.25) is 0 Å². The first-order valence-electron chi connectivity index (χ1n) is 9.13. The molecule has 3 aromatic heterocycles. The number of amides is 1. The maximum atomic E-state index is 12.7. The van der Waals surface area contributed by atoms with Crippen molar-refractivity contribution in [1.82, 2.24) is 19.7 Å². The molecule has 28 heavy (non-hydrogen) atoms. The minimum atomic E-state index is -0.468. The Labute approximate surface area is 161 Å². The number of carbonyl (C=O) groups excluding carboxylic acids is 2. The summed E-state index contributed by atoms with van der Waals surface area (Å²) in [5, 5.41) is 4.53. The van der Waals surface area contributed by atoms with Crippen molar-refractivity contribution >= 4 is 11.9 Å². The van der Waals surface area contributed by atoms with Crippen LogP contribution in [0.1, 0.15) is 44.6 Å². The van der Waals surface area contributed by atoms with Crippen molar-refractivity contribution in [1.29, 1.82) is 0 Å². The van der Waals surface area contributed by atoms with E-state index < -0.39 is 5.97 Å². The highest BCUT2D eigenvalue weighted by molar-refractivity contribution is 5.94. The third kappa shape index (κ3) is 3.40. The van der Waals surface area contributed by atoms with Crippen molar-refractivity contribution in [2.45, 2.75) is 26.4 Å². The summed E-state index contributed by atoms with van der Waals surface area (Å²) in [4.78, 5) is 30.9. The van der Waals surface area contributed by atoms with Gasteiger partial charge in [-0.2, -0.15) is 5.10 Å². The van der Waals surface area contributed by atoms with Gasteiger partial charge in [-0.1, -0.05) is 0 Å². The molecule has 0 fully saturated rings. The third-order valence-electron chi connectivity index (χ3n) is 4.74. The van der Waals surface area contributed by atoms with Gasteiger partial charge in [0.05, 0.1) is 31.5 Å². The number of pyridine rings is 1. The first-order valence-corrected chi connectivity index (χ1v) is 9.13. The van der Waals surface area contributed by atoms with Gasteiger partial charge in [-0.15, -0.1) is 0 Å². The number of hydrogen-bond donors (Lipinski definition) is 0. The summed E-state index contributed by atoms with van der Waals surface area (Å²) >= 11 is 0. The summed E-state index contributed by atoms with van der Waals surface area (Å²) in [5.41, 5.74) is 3.50. The minimum absolute atomic E-state index is 0.129. The highest BCUT2D eigenvalue weighted by Crippen LogP contribution is 2.25. The number of rotatable bonds is 5. The van der Waals surface area contributed by atoms with Crippen molar-refractivity contribution in [2.24, 2.45) is 0 Å². The lowest BCUT2D eigenvalue weighted by molar-refractivity contribution is 0.0513. The molecule has 8 heteroatoms. The zero-order valence-electron chi connectivity index (χ0n) is 15.5. The molecule has 0 aliphatic carbocycles. The zero-order valence-corrected chi connectivity index (χ0v) is 15.5. The molecule has 1 aliphatic heterocycles. The van der Waals surface area contributed by atoms with Gasteiger partial charge in [-0.3, -0.25) is 14.5 Å². The van der Waals surface area contributed by atoms with E-state index >= 15 is 0 Å². The first kappa shape index (κ1) is 18.0. The van der Waals surface area contributed by atoms with Crippen molar-refractivity contribution in [3.05, 3.63) is 71.2 Å². The van der Waals surface area contributed by atoms with Crippen LogP contribution in [0.25, 0.3) is 0 Å². The molecule has 8 nitrogen and oxygen atoms in total. The van der Waals surface area contributed by atoms with Crippen LogP contribution in [0.4, 0.5) is 0 Å². The second-order valence-corrected chi connectivity index (χ2v) is 6.50. The summed E-state index contributed by atoms with van der Waals surface area (Å²) in [6.45, 7) is 3.40. The maximum Gasteiger partial charge on any atom is 0.359 e. The standard InChI is InChI=1S/C20H20N4O4/c1-2-28-20(26)18-16-12-23(19(25)15-6-10-27-13-15)9-5-17(16)24(22-18)11-14-3-7-21-8-4-14/h3-4,6-8,10,13H,2,5,9,11-12H2,1H3. The third-order valence-corrected chi connectivity index (χ3v) is 4.74. The molecule has 4 heterocycles. The summed E-state index contributed by atoms with van der Waals surface area (Å²) in [7, 11) is 0. The largest absolute Gasteiger partial charge is 0.472 e. The molecule has 0 spiro atoms. The number of furan rings is 1. The lowest BCUT2D eigenvalue weighted by atomic mass is 10.0. The number of nitrogens with zero attached hydrogens (tertiary/aromatic N) is 4. The zero-order chi connectivity index (χ0) is 19.5. The maximum absolute atomic E-state index is 12.7. The van der Waals surface area contributed by atoms with E-state index in [4.69, 9.17) is 9.15 Å². The quantitative estimate of drug-likeness (QED) is 0.631. The Morgan fingerprint density at radius 2 is 2.07 bits per heavy atom. The van der Waals surface area contributed by atoms with E-state index in [2.05, 4.69) is 10.1 Å². The summed E-state index contributed by atoms with van der Waals surface area (Å²) < 4.78 is 12.0. The Morgan fingerprint density at radius 3 is 2.79 bits per heavy atom. The summed E-state index contributed by atoms with van der Waals surface area (Å²) in [6.07, 6.45) is 6.96. The van der Waals surface area contributed by atoms with Gasteiger partial charge < -0.3 is 14.1 Å². The number of ether oxygens (including phenoxy) is 1. The molecule has 144 valence electrons. The molecule has 1 aliphatic rings. The fraction of sp³-hybridized carbons (Fsp3) is 0.300. The highest BCUT2D eigenvalue weighted by Gasteiger charge is 2.31. The molecule has 0 atom stereocenters. The van der Waals surface area contributed by atoms with Crippen LogP contribution >= 0.6 is 0 Å². The van der Waals surface area contributed by atoms with Crippen molar-refractivity contribution in [2.75, 3.05) is 13.2 Å². The Hall–Kier alpha value is -3.42. The number of fused-ring (bicyclic) bond motifs is 1. The topological polar surface area (TPSA) is 90.5 Å². The molecule has 0 saturated heterocycles. The number of carbonyl (C=O) groups is 2. The van der Waals surface area contributed by atoms with E-state index in [1.54, 1.807) is 30.3 Å². The second-order valence-electron chi connectivity index (χ2n) is 6.50. The van der Waals surface area contributed by atoms with Gasteiger partial charge in [0.1, 0.15) is 6.26 Å². The van der Waals surface area contributed by atoms with Crippen LogP contribution in [-0.2, 0) is 24.2 Å². The van der Waals surface area contributed by atoms with Gasteiger partial charge in [-0.25, -0.2) is 4.79 Å². The lowest BCUT2D eigenvalue weighted by Gasteiger charge is -2.27. The molecule has 0 unspecified atom stereocenters. The van der Waals surface area contributed by atoms with Gasteiger partial charge in [0.25, 0.3) is 5.91 Å². The van der Waals surface area contributed by atoms with Crippen LogP contribution in [0.5, 0.6) is 0 Å². The van der Waals surface area contributed by atoms with Gasteiger partial charge in [0.2, 0.25) is 0 Å². The molecular weight excluding hydrogens is 360 g/mol. The Kier molecular flexibility index (Phi) is 4.92. The molecule has 0 bridgehead atoms. The van der Waals surface area contributed by atoms with Crippen LogP contribution in [0, 0.1) is 0 Å².